The number of ether oxygens (including phenoxy) is 2. The number of rotatable bonds is 12. The predicted octanol–water partition coefficient (Wildman–Crippen LogP) is 3.76. The molecular formula is C26H28F3NO6. The third-order valence-electron chi connectivity index (χ3n) is 5.42. The van der Waals surface area contributed by atoms with E-state index in [9.17, 15) is 33.6 Å². The van der Waals surface area contributed by atoms with Crippen molar-refractivity contribution in [3.63, 3.8) is 0 Å². The van der Waals surface area contributed by atoms with Crippen LogP contribution in [0.2, 0.25) is 0 Å². The van der Waals surface area contributed by atoms with Crippen LogP contribution >= 0.6 is 0 Å². The molecule has 2 atom stereocenters. The normalized spacial score (nSPS) is 13.3. The third kappa shape index (κ3) is 8.42. The molecule has 3 rings (SSSR count). The van der Waals surface area contributed by atoms with Crippen molar-refractivity contribution in [3.8, 4) is 17.2 Å². The molecule has 0 aromatic heterocycles. The average molecular weight is 508 g/mol. The summed E-state index contributed by atoms with van der Waals surface area (Å²) in [4.78, 5) is 0. The molecule has 0 aliphatic heterocycles. The standard InChI is InChI=1S/C26H28F3NO6/c27-26(28,29)36-22-8-3-18(4-9-22)25(34)16-35-21-6-1-17(2-7-21)11-12-30-14-24(33)19-5-10-23(32)20(13-19)15-31/h1-10,13,24-25,30-34H,11-12,14-16H2. The van der Waals surface area contributed by atoms with Gasteiger partial charge in [-0.3, -0.25) is 0 Å². The van der Waals surface area contributed by atoms with Crippen molar-refractivity contribution >= 4 is 0 Å². The quantitative estimate of drug-likeness (QED) is 0.238. The van der Waals surface area contributed by atoms with Gasteiger partial charge in [0, 0.05) is 12.1 Å². The Bertz CT molecular complexity index is 1090. The topological polar surface area (TPSA) is 111 Å². The van der Waals surface area contributed by atoms with E-state index in [4.69, 9.17) is 4.74 Å². The second-order valence-corrected chi connectivity index (χ2v) is 8.10. The summed E-state index contributed by atoms with van der Waals surface area (Å²) >= 11 is 0. The minimum atomic E-state index is -4.77. The highest BCUT2D eigenvalue weighted by Crippen LogP contribution is 2.25. The number of aliphatic hydroxyl groups excluding tert-OH is 3. The fourth-order valence-corrected chi connectivity index (χ4v) is 3.44. The van der Waals surface area contributed by atoms with E-state index in [-0.39, 0.29) is 24.7 Å². The summed E-state index contributed by atoms with van der Waals surface area (Å²) in [5.74, 6) is 0.150. The number of nitrogens with one attached hydrogen (secondary N) is 1. The van der Waals surface area contributed by atoms with Crippen molar-refractivity contribution < 1.29 is 43.1 Å². The van der Waals surface area contributed by atoms with Gasteiger partial charge in [-0.25, -0.2) is 0 Å². The molecule has 36 heavy (non-hydrogen) atoms. The summed E-state index contributed by atoms with van der Waals surface area (Å²) in [5.41, 5.74) is 2.38. The Balaban J connectivity index is 1.39. The largest absolute Gasteiger partial charge is 0.573 e. The number of hydrogen-bond acceptors (Lipinski definition) is 7. The fourth-order valence-electron chi connectivity index (χ4n) is 3.44. The summed E-state index contributed by atoms with van der Waals surface area (Å²) in [7, 11) is 0. The summed E-state index contributed by atoms with van der Waals surface area (Å²) in [5, 5.41) is 42.5. The molecule has 0 bridgehead atoms. The molecule has 7 nitrogen and oxygen atoms in total. The van der Waals surface area contributed by atoms with Crippen molar-refractivity contribution in [2.45, 2.75) is 31.6 Å². The zero-order valence-corrected chi connectivity index (χ0v) is 19.3. The van der Waals surface area contributed by atoms with Crippen LogP contribution in [-0.4, -0.2) is 46.5 Å². The molecule has 0 fully saturated rings. The molecule has 0 amide bonds. The molecule has 10 heteroatoms. The first kappa shape index (κ1) is 27.3. The number of halogens is 3. The Morgan fingerprint density at radius 1 is 0.833 bits per heavy atom. The highest BCUT2D eigenvalue weighted by molar-refractivity contribution is 5.36. The smallest absolute Gasteiger partial charge is 0.508 e. The van der Waals surface area contributed by atoms with E-state index in [1.54, 1.807) is 24.3 Å². The monoisotopic (exact) mass is 507 g/mol. The van der Waals surface area contributed by atoms with Gasteiger partial charge in [-0.15, -0.1) is 13.2 Å². The highest BCUT2D eigenvalue weighted by Gasteiger charge is 2.31. The molecular weight excluding hydrogens is 479 g/mol. The van der Waals surface area contributed by atoms with Gasteiger partial charge >= 0.3 is 6.36 Å². The van der Waals surface area contributed by atoms with E-state index >= 15 is 0 Å². The molecule has 3 aromatic rings. The minimum absolute atomic E-state index is 0.0167. The van der Waals surface area contributed by atoms with Gasteiger partial charge in [-0.1, -0.05) is 30.3 Å². The van der Waals surface area contributed by atoms with Gasteiger partial charge in [0.15, 0.2) is 0 Å². The lowest BCUT2D eigenvalue weighted by Crippen LogP contribution is -2.23. The molecule has 3 aromatic carbocycles. The second kappa shape index (κ2) is 12.6. The van der Waals surface area contributed by atoms with E-state index < -0.39 is 18.6 Å². The van der Waals surface area contributed by atoms with Crippen molar-refractivity contribution in [1.82, 2.24) is 5.32 Å². The van der Waals surface area contributed by atoms with Gasteiger partial charge in [0.2, 0.25) is 0 Å². The van der Waals surface area contributed by atoms with Crippen LogP contribution in [0.4, 0.5) is 13.2 Å². The Kier molecular flexibility index (Phi) is 9.54. The SMILES string of the molecule is OCc1cc(C(O)CNCCc2ccc(OCC(O)c3ccc(OC(F)(F)F)cc3)cc2)ccc1O. The summed E-state index contributed by atoms with van der Waals surface area (Å²) in [6, 6.07) is 16.8. The van der Waals surface area contributed by atoms with Crippen LogP contribution in [0.25, 0.3) is 0 Å². The molecule has 0 radical (unpaired) electrons. The Morgan fingerprint density at radius 2 is 1.47 bits per heavy atom. The van der Waals surface area contributed by atoms with Gasteiger partial charge in [-0.2, -0.15) is 0 Å². The van der Waals surface area contributed by atoms with Crippen molar-refractivity contribution in [3.05, 3.63) is 89.0 Å². The number of hydrogen-bond donors (Lipinski definition) is 5. The van der Waals surface area contributed by atoms with Crippen LogP contribution < -0.4 is 14.8 Å². The van der Waals surface area contributed by atoms with Crippen LogP contribution in [0.3, 0.4) is 0 Å². The first-order valence-corrected chi connectivity index (χ1v) is 11.2. The van der Waals surface area contributed by atoms with E-state index in [1.165, 1.54) is 18.2 Å². The molecule has 0 aliphatic rings. The molecule has 2 unspecified atom stereocenters. The maximum Gasteiger partial charge on any atom is 0.573 e. The number of alkyl halides is 3. The lowest BCUT2D eigenvalue weighted by molar-refractivity contribution is -0.274. The fraction of sp³-hybridized carbons (Fsp3) is 0.308. The van der Waals surface area contributed by atoms with Crippen LogP contribution in [0.1, 0.15) is 34.5 Å². The lowest BCUT2D eigenvalue weighted by Gasteiger charge is -2.15. The molecule has 0 heterocycles. The van der Waals surface area contributed by atoms with E-state index in [0.29, 0.717) is 42.0 Å². The maximum absolute atomic E-state index is 12.2. The Labute approximate surface area is 206 Å². The van der Waals surface area contributed by atoms with E-state index in [0.717, 1.165) is 17.7 Å². The first-order chi connectivity index (χ1) is 17.1. The van der Waals surface area contributed by atoms with Gasteiger partial charge < -0.3 is 35.2 Å². The Morgan fingerprint density at radius 3 is 2.11 bits per heavy atom. The molecule has 0 saturated carbocycles. The molecule has 0 saturated heterocycles. The predicted molar refractivity (Wildman–Crippen MR) is 126 cm³/mol. The zero-order chi connectivity index (χ0) is 26.1. The number of phenols is 1. The van der Waals surface area contributed by atoms with Crippen LogP contribution in [0.5, 0.6) is 17.2 Å². The van der Waals surface area contributed by atoms with Crippen LogP contribution in [-0.2, 0) is 13.0 Å². The number of benzene rings is 3. The van der Waals surface area contributed by atoms with Gasteiger partial charge in [0.05, 0.1) is 12.7 Å². The van der Waals surface area contributed by atoms with Crippen molar-refractivity contribution in [1.29, 1.82) is 0 Å². The van der Waals surface area contributed by atoms with Crippen molar-refractivity contribution in [2.75, 3.05) is 19.7 Å². The molecule has 0 spiro atoms. The number of aliphatic hydroxyl groups is 3. The zero-order valence-electron chi connectivity index (χ0n) is 19.3. The van der Waals surface area contributed by atoms with Gasteiger partial charge in [-0.05, 0) is 66.1 Å². The molecule has 5 N–H and O–H groups in total. The van der Waals surface area contributed by atoms with Gasteiger partial charge in [0.25, 0.3) is 0 Å². The highest BCUT2D eigenvalue weighted by atomic mass is 19.4. The second-order valence-electron chi connectivity index (χ2n) is 8.10. The van der Waals surface area contributed by atoms with E-state index in [1.807, 2.05) is 12.1 Å². The first-order valence-electron chi connectivity index (χ1n) is 11.2. The van der Waals surface area contributed by atoms with Crippen molar-refractivity contribution in [2.24, 2.45) is 0 Å². The molecule has 194 valence electrons. The third-order valence-corrected chi connectivity index (χ3v) is 5.42. The lowest BCUT2D eigenvalue weighted by atomic mass is 10.1. The van der Waals surface area contributed by atoms with Gasteiger partial charge in [0.1, 0.15) is 30.0 Å². The summed E-state index contributed by atoms with van der Waals surface area (Å²) in [6.45, 7) is 0.521. The van der Waals surface area contributed by atoms with Crippen LogP contribution in [0, 0.1) is 0 Å². The van der Waals surface area contributed by atoms with E-state index in [2.05, 4.69) is 10.1 Å². The maximum atomic E-state index is 12.2. The Hall–Kier alpha value is -3.31. The van der Waals surface area contributed by atoms with Crippen LogP contribution in [0.15, 0.2) is 66.7 Å². The minimum Gasteiger partial charge on any atom is -0.508 e. The molecule has 0 aliphatic carbocycles. The average Bonchev–Trinajstić information content (AvgIpc) is 2.85. The number of aromatic hydroxyl groups is 1. The summed E-state index contributed by atoms with van der Waals surface area (Å²) in [6.07, 6.45) is -5.89. The summed E-state index contributed by atoms with van der Waals surface area (Å²) < 4.78 is 46.1.